The van der Waals surface area contributed by atoms with Crippen LogP contribution in [-0.2, 0) is 9.53 Å². The highest BCUT2D eigenvalue weighted by Gasteiger charge is 2.20. The molecule has 1 rings (SSSR count). The molecule has 0 heterocycles. The Labute approximate surface area is 105 Å². The van der Waals surface area contributed by atoms with Gasteiger partial charge in [0.15, 0.2) is 0 Å². The maximum Gasteiger partial charge on any atom is 0.333 e. The van der Waals surface area contributed by atoms with Gasteiger partial charge in [-0.15, -0.1) is 0 Å². The molecule has 2 atom stereocenters. The van der Waals surface area contributed by atoms with Crippen LogP contribution < -0.4 is 0 Å². The second kappa shape index (κ2) is 7.52. The Morgan fingerprint density at radius 3 is 2.65 bits per heavy atom. The molecule has 17 heavy (non-hydrogen) atoms. The van der Waals surface area contributed by atoms with E-state index < -0.39 is 0 Å². The number of hydrogen-bond acceptors (Lipinski definition) is 2. The molecule has 0 saturated heterocycles. The molecule has 0 aromatic carbocycles. The van der Waals surface area contributed by atoms with Gasteiger partial charge in [-0.1, -0.05) is 45.6 Å². The van der Waals surface area contributed by atoms with Gasteiger partial charge in [-0.3, -0.25) is 0 Å². The van der Waals surface area contributed by atoms with Crippen molar-refractivity contribution in [1.29, 1.82) is 0 Å². The Balaban J connectivity index is 2.03. The monoisotopic (exact) mass is 238 g/mol. The molecule has 1 aliphatic rings. The molecule has 0 aliphatic heterocycles. The Kier molecular flexibility index (Phi) is 6.31. The molecule has 0 radical (unpaired) electrons. The van der Waals surface area contributed by atoms with Gasteiger partial charge in [-0.2, -0.15) is 0 Å². The Morgan fingerprint density at radius 1 is 1.29 bits per heavy atom. The zero-order valence-electron chi connectivity index (χ0n) is 11.3. The Bertz CT molecular complexity index is 258. The lowest BCUT2D eigenvalue weighted by Crippen LogP contribution is -2.16. The van der Waals surface area contributed by atoms with Crippen molar-refractivity contribution < 1.29 is 9.53 Å². The summed E-state index contributed by atoms with van der Waals surface area (Å²) in [7, 11) is 0. The molecular weight excluding hydrogens is 212 g/mol. The Hall–Kier alpha value is -0.790. The molecule has 2 nitrogen and oxygen atoms in total. The van der Waals surface area contributed by atoms with Gasteiger partial charge < -0.3 is 4.74 Å². The third kappa shape index (κ3) is 5.38. The van der Waals surface area contributed by atoms with Crippen molar-refractivity contribution in [2.24, 2.45) is 11.8 Å². The molecule has 0 aromatic heterocycles. The molecule has 2 heteroatoms. The fraction of sp³-hybridized carbons (Fsp3) is 0.800. The molecule has 0 bridgehead atoms. The maximum absolute atomic E-state index is 11.1. The van der Waals surface area contributed by atoms with E-state index in [-0.39, 0.29) is 5.97 Å². The van der Waals surface area contributed by atoms with Crippen LogP contribution >= 0.6 is 0 Å². The van der Waals surface area contributed by atoms with Gasteiger partial charge in [0.2, 0.25) is 0 Å². The second-order valence-electron chi connectivity index (χ2n) is 5.43. The van der Waals surface area contributed by atoms with E-state index in [2.05, 4.69) is 13.5 Å². The molecule has 2 unspecified atom stereocenters. The van der Waals surface area contributed by atoms with Crippen LogP contribution in [0.25, 0.3) is 0 Å². The van der Waals surface area contributed by atoms with Crippen molar-refractivity contribution in [1.82, 2.24) is 0 Å². The molecule has 1 saturated carbocycles. The summed E-state index contributed by atoms with van der Waals surface area (Å²) in [6, 6.07) is 0. The largest absolute Gasteiger partial charge is 0.462 e. The smallest absolute Gasteiger partial charge is 0.333 e. The highest BCUT2D eigenvalue weighted by molar-refractivity contribution is 5.86. The fourth-order valence-electron chi connectivity index (χ4n) is 2.62. The number of hydrogen-bond donors (Lipinski definition) is 0. The summed E-state index contributed by atoms with van der Waals surface area (Å²) < 4.78 is 5.08. The van der Waals surface area contributed by atoms with Crippen molar-refractivity contribution in [3.8, 4) is 0 Å². The molecule has 0 amide bonds. The topological polar surface area (TPSA) is 26.3 Å². The van der Waals surface area contributed by atoms with Crippen LogP contribution in [0.2, 0.25) is 0 Å². The summed E-state index contributed by atoms with van der Waals surface area (Å²) in [5, 5.41) is 0. The van der Waals surface area contributed by atoms with Gasteiger partial charge in [-0.05, 0) is 31.6 Å². The van der Waals surface area contributed by atoms with Crippen molar-refractivity contribution in [3.05, 3.63) is 12.2 Å². The predicted octanol–water partition coefficient (Wildman–Crippen LogP) is 4.10. The first kappa shape index (κ1) is 14.3. The summed E-state index contributed by atoms with van der Waals surface area (Å²) in [6.45, 7) is 8.18. The minimum absolute atomic E-state index is 0.254. The van der Waals surface area contributed by atoms with Crippen molar-refractivity contribution in [2.45, 2.75) is 58.8 Å². The van der Waals surface area contributed by atoms with Gasteiger partial charge in [0.05, 0.1) is 6.61 Å². The number of carbonyl (C=O) groups is 1. The number of carbonyl (C=O) groups excluding carboxylic acids is 1. The lowest BCUT2D eigenvalue weighted by Gasteiger charge is -2.28. The average Bonchev–Trinajstić information content (AvgIpc) is 2.30. The molecular formula is C15H26O2. The molecule has 98 valence electrons. The number of unbranched alkanes of at least 4 members (excludes halogenated alkanes) is 1. The van der Waals surface area contributed by atoms with E-state index in [1.54, 1.807) is 6.92 Å². The number of esters is 1. The second-order valence-corrected chi connectivity index (χ2v) is 5.43. The van der Waals surface area contributed by atoms with E-state index in [0.29, 0.717) is 12.2 Å². The summed E-state index contributed by atoms with van der Waals surface area (Å²) in [5.74, 6) is 1.54. The van der Waals surface area contributed by atoms with Crippen LogP contribution in [0.3, 0.4) is 0 Å². The van der Waals surface area contributed by atoms with Crippen molar-refractivity contribution in [3.63, 3.8) is 0 Å². The first-order valence-corrected chi connectivity index (χ1v) is 6.94. The van der Waals surface area contributed by atoms with Crippen LogP contribution in [0, 0.1) is 11.8 Å². The molecule has 0 spiro atoms. The van der Waals surface area contributed by atoms with Gasteiger partial charge >= 0.3 is 5.97 Å². The quantitative estimate of drug-likeness (QED) is 0.395. The zero-order valence-corrected chi connectivity index (χ0v) is 11.3. The van der Waals surface area contributed by atoms with Crippen molar-refractivity contribution in [2.75, 3.05) is 6.61 Å². The number of rotatable bonds is 6. The molecule has 1 aliphatic carbocycles. The van der Waals surface area contributed by atoms with E-state index in [1.165, 1.54) is 38.5 Å². The zero-order chi connectivity index (χ0) is 12.7. The standard InChI is InChI=1S/C15H26O2/c1-12(2)15(16)17-11-7-6-10-14-9-5-4-8-13(14)3/h13-14H,1,4-11H2,2-3H3. The van der Waals surface area contributed by atoms with Crippen LogP contribution in [0.5, 0.6) is 0 Å². The first-order chi connectivity index (χ1) is 8.11. The van der Waals surface area contributed by atoms with Gasteiger partial charge in [-0.25, -0.2) is 4.79 Å². The normalized spacial score (nSPS) is 24.4. The minimum Gasteiger partial charge on any atom is -0.462 e. The van der Waals surface area contributed by atoms with Gasteiger partial charge in [0, 0.05) is 5.57 Å². The van der Waals surface area contributed by atoms with Gasteiger partial charge in [0.1, 0.15) is 0 Å². The summed E-state index contributed by atoms with van der Waals surface area (Å²) in [5.41, 5.74) is 0.492. The molecule has 0 N–H and O–H groups in total. The maximum atomic E-state index is 11.1. The summed E-state index contributed by atoms with van der Waals surface area (Å²) >= 11 is 0. The minimum atomic E-state index is -0.254. The van der Waals surface area contributed by atoms with Gasteiger partial charge in [0.25, 0.3) is 0 Å². The highest BCUT2D eigenvalue weighted by atomic mass is 16.5. The Morgan fingerprint density at radius 2 is 2.00 bits per heavy atom. The lowest BCUT2D eigenvalue weighted by atomic mass is 9.78. The SMILES string of the molecule is C=C(C)C(=O)OCCCCC1CCCCC1C. The van der Waals surface area contributed by atoms with E-state index in [4.69, 9.17) is 4.74 Å². The van der Waals surface area contributed by atoms with Crippen LogP contribution in [0.4, 0.5) is 0 Å². The van der Waals surface area contributed by atoms with E-state index in [1.807, 2.05) is 0 Å². The predicted molar refractivity (Wildman–Crippen MR) is 70.7 cm³/mol. The summed E-state index contributed by atoms with van der Waals surface area (Å²) in [4.78, 5) is 11.1. The van der Waals surface area contributed by atoms with Crippen molar-refractivity contribution >= 4 is 5.97 Å². The highest BCUT2D eigenvalue weighted by Crippen LogP contribution is 2.32. The van der Waals surface area contributed by atoms with E-state index in [9.17, 15) is 4.79 Å². The van der Waals surface area contributed by atoms with Crippen LogP contribution in [-0.4, -0.2) is 12.6 Å². The average molecular weight is 238 g/mol. The first-order valence-electron chi connectivity index (χ1n) is 6.94. The van der Waals surface area contributed by atoms with E-state index in [0.717, 1.165) is 18.3 Å². The van der Waals surface area contributed by atoms with E-state index >= 15 is 0 Å². The third-order valence-corrected chi connectivity index (χ3v) is 3.84. The van der Waals surface area contributed by atoms with Crippen LogP contribution in [0.1, 0.15) is 58.8 Å². The number of ether oxygens (including phenoxy) is 1. The lowest BCUT2D eigenvalue weighted by molar-refractivity contribution is -0.139. The fourth-order valence-corrected chi connectivity index (χ4v) is 2.62. The molecule has 0 aromatic rings. The summed E-state index contributed by atoms with van der Waals surface area (Å²) in [6.07, 6.45) is 9.07. The molecule has 1 fully saturated rings. The van der Waals surface area contributed by atoms with Crippen LogP contribution in [0.15, 0.2) is 12.2 Å². The third-order valence-electron chi connectivity index (χ3n) is 3.84.